The zero-order valence-corrected chi connectivity index (χ0v) is 15.4. The van der Waals surface area contributed by atoms with E-state index in [9.17, 15) is 17.6 Å². The summed E-state index contributed by atoms with van der Waals surface area (Å²) in [7, 11) is -1.44. The molecule has 0 aliphatic rings. The van der Waals surface area contributed by atoms with E-state index in [1.165, 1.54) is 0 Å². The molecular weight excluding hydrogens is 348 g/mol. The average Bonchev–Trinajstić information content (AvgIpc) is 2.50. The van der Waals surface area contributed by atoms with Crippen molar-refractivity contribution < 1.29 is 44.1 Å². The van der Waals surface area contributed by atoms with Crippen LogP contribution in [-0.4, -0.2) is 72.1 Å². The van der Waals surface area contributed by atoms with Crippen LogP contribution in [0.3, 0.4) is 0 Å². The Morgan fingerprint density at radius 1 is 0.545 bits per heavy atom. The van der Waals surface area contributed by atoms with Gasteiger partial charge < -0.3 is 26.6 Å². The van der Waals surface area contributed by atoms with Gasteiger partial charge in [0.05, 0.1) is 12.1 Å². The van der Waals surface area contributed by atoms with Crippen LogP contribution in [0.4, 0.5) is 17.6 Å². The minimum atomic E-state index is -4.46. The Morgan fingerprint density at radius 2 is 0.727 bits per heavy atom. The largest absolute Gasteiger partial charge is 0.506 e. The molecular formula is C10H22F4O6Si2. The lowest BCUT2D eigenvalue weighted by molar-refractivity contribution is -0.196. The van der Waals surface area contributed by atoms with E-state index in [2.05, 4.69) is 0 Å². The highest BCUT2D eigenvalue weighted by Crippen LogP contribution is 2.45. The highest BCUT2D eigenvalue weighted by molar-refractivity contribution is 6.61. The first-order valence-corrected chi connectivity index (χ1v) is 9.96. The lowest BCUT2D eigenvalue weighted by Crippen LogP contribution is -2.57. The molecule has 0 saturated heterocycles. The van der Waals surface area contributed by atoms with Gasteiger partial charge in [-0.2, -0.15) is 17.6 Å². The van der Waals surface area contributed by atoms with Crippen LogP contribution in [0, 0.1) is 0 Å². The van der Waals surface area contributed by atoms with Crippen molar-refractivity contribution in [2.24, 2.45) is 0 Å². The molecule has 0 amide bonds. The number of hydrogen-bond acceptors (Lipinski definition) is 6. The minimum Gasteiger partial charge on any atom is -0.377 e. The molecule has 0 aliphatic carbocycles. The van der Waals surface area contributed by atoms with Crippen LogP contribution >= 0.6 is 0 Å². The van der Waals surface area contributed by atoms with Gasteiger partial charge in [0.25, 0.3) is 0 Å². The van der Waals surface area contributed by atoms with Crippen LogP contribution in [-0.2, 0) is 26.6 Å². The van der Waals surface area contributed by atoms with E-state index < -0.39 is 41.5 Å². The van der Waals surface area contributed by atoms with Crippen LogP contribution in [0.5, 0.6) is 0 Å². The molecule has 0 aliphatic heterocycles. The molecule has 134 valence electrons. The SMILES string of the molecule is CO[Si](CC(F)(F)C(F)(F)C[Si](OC)(OC)OC)(OC)OC. The fourth-order valence-corrected chi connectivity index (χ4v) is 5.21. The zero-order valence-electron chi connectivity index (χ0n) is 13.4. The van der Waals surface area contributed by atoms with Gasteiger partial charge in [-0.15, -0.1) is 0 Å². The maximum absolute atomic E-state index is 14.1. The van der Waals surface area contributed by atoms with Crippen molar-refractivity contribution in [3.05, 3.63) is 0 Å². The molecule has 0 bridgehead atoms. The monoisotopic (exact) mass is 370 g/mol. The van der Waals surface area contributed by atoms with E-state index in [0.717, 1.165) is 42.7 Å². The van der Waals surface area contributed by atoms with E-state index in [1.807, 2.05) is 0 Å². The second kappa shape index (κ2) is 8.14. The van der Waals surface area contributed by atoms with Crippen molar-refractivity contribution in [2.45, 2.75) is 23.9 Å². The van der Waals surface area contributed by atoms with E-state index in [1.54, 1.807) is 0 Å². The molecule has 0 rings (SSSR count). The molecule has 0 heterocycles. The van der Waals surface area contributed by atoms with Crippen molar-refractivity contribution >= 4 is 17.6 Å². The van der Waals surface area contributed by atoms with E-state index in [4.69, 9.17) is 26.6 Å². The van der Waals surface area contributed by atoms with Crippen LogP contribution < -0.4 is 0 Å². The predicted octanol–water partition coefficient (Wildman–Crippen LogP) is 2.01. The fraction of sp³-hybridized carbons (Fsp3) is 1.00. The third kappa shape index (κ3) is 4.70. The second-order valence-corrected chi connectivity index (χ2v) is 10.2. The summed E-state index contributed by atoms with van der Waals surface area (Å²) in [6.07, 6.45) is 0. The van der Waals surface area contributed by atoms with Crippen LogP contribution in [0.15, 0.2) is 0 Å². The van der Waals surface area contributed by atoms with Gasteiger partial charge >= 0.3 is 29.5 Å². The second-order valence-electron chi connectivity index (χ2n) is 4.35. The first kappa shape index (κ1) is 21.9. The molecule has 0 N–H and O–H groups in total. The van der Waals surface area contributed by atoms with E-state index in [0.29, 0.717) is 0 Å². The minimum absolute atomic E-state index is 1.06. The third-order valence-corrected chi connectivity index (χ3v) is 8.76. The first-order valence-electron chi connectivity index (χ1n) is 6.09. The molecule has 0 radical (unpaired) electrons. The van der Waals surface area contributed by atoms with Gasteiger partial charge in [0.2, 0.25) is 0 Å². The predicted molar refractivity (Wildman–Crippen MR) is 73.1 cm³/mol. The molecule has 0 aromatic rings. The smallest absolute Gasteiger partial charge is 0.377 e. The molecule has 0 aromatic carbocycles. The molecule has 0 saturated carbocycles. The lowest BCUT2D eigenvalue weighted by Gasteiger charge is -2.35. The fourth-order valence-electron chi connectivity index (χ4n) is 1.74. The Bertz CT molecular complexity index is 291. The van der Waals surface area contributed by atoms with Gasteiger partial charge in [-0.05, 0) is 0 Å². The summed E-state index contributed by atoms with van der Waals surface area (Å²) in [4.78, 5) is 0. The summed E-state index contributed by atoms with van der Waals surface area (Å²) in [5.41, 5.74) is 0. The zero-order chi connectivity index (χ0) is 17.7. The molecule has 0 unspecified atom stereocenters. The standard InChI is InChI=1S/C10H22F4O6Si2/c1-15-21(16-2,17-3)7-9(11,12)10(13,14)8-22(18-4,19-5)20-6/h7-8H2,1-6H3. The topological polar surface area (TPSA) is 55.4 Å². The summed E-state index contributed by atoms with van der Waals surface area (Å²) >= 11 is 0. The molecule has 0 atom stereocenters. The van der Waals surface area contributed by atoms with Gasteiger partial charge in [0, 0.05) is 42.7 Å². The van der Waals surface area contributed by atoms with Crippen molar-refractivity contribution in [1.29, 1.82) is 0 Å². The Morgan fingerprint density at radius 3 is 0.864 bits per heavy atom. The highest BCUT2D eigenvalue weighted by atomic mass is 28.4. The van der Waals surface area contributed by atoms with Gasteiger partial charge in [-0.25, -0.2) is 0 Å². The summed E-state index contributed by atoms with van der Waals surface area (Å²) < 4.78 is 85.0. The third-order valence-electron chi connectivity index (χ3n) is 3.28. The Kier molecular flexibility index (Phi) is 8.11. The maximum Gasteiger partial charge on any atom is 0.506 e. The molecule has 6 nitrogen and oxygen atoms in total. The van der Waals surface area contributed by atoms with Gasteiger partial charge in [-0.1, -0.05) is 0 Å². The van der Waals surface area contributed by atoms with Gasteiger partial charge in [0.15, 0.2) is 0 Å². The first-order chi connectivity index (χ1) is 10.0. The summed E-state index contributed by atoms with van der Waals surface area (Å²) in [6.45, 7) is 0. The van der Waals surface area contributed by atoms with Crippen LogP contribution in [0.2, 0.25) is 12.1 Å². The van der Waals surface area contributed by atoms with Crippen LogP contribution in [0.1, 0.15) is 0 Å². The summed E-state index contributed by atoms with van der Waals surface area (Å²) in [5, 5.41) is 0. The number of alkyl halides is 4. The van der Waals surface area contributed by atoms with E-state index in [-0.39, 0.29) is 0 Å². The summed E-state index contributed by atoms with van der Waals surface area (Å²) in [5.74, 6) is -8.93. The summed E-state index contributed by atoms with van der Waals surface area (Å²) in [6, 6.07) is -2.78. The Balaban J connectivity index is 5.39. The molecule has 0 spiro atoms. The number of rotatable bonds is 11. The lowest BCUT2D eigenvalue weighted by atomic mass is 10.2. The highest BCUT2D eigenvalue weighted by Gasteiger charge is 2.66. The Labute approximate surface area is 129 Å². The molecule has 0 aromatic heterocycles. The quantitative estimate of drug-likeness (QED) is 0.410. The number of halogens is 4. The van der Waals surface area contributed by atoms with Crippen molar-refractivity contribution in [1.82, 2.24) is 0 Å². The Hall–Kier alpha value is -0.0862. The molecule has 22 heavy (non-hydrogen) atoms. The van der Waals surface area contributed by atoms with E-state index >= 15 is 0 Å². The van der Waals surface area contributed by atoms with Crippen molar-refractivity contribution in [3.8, 4) is 0 Å². The molecule has 12 heteroatoms. The molecule has 0 fully saturated rings. The van der Waals surface area contributed by atoms with Crippen LogP contribution in [0.25, 0.3) is 0 Å². The maximum atomic E-state index is 14.1. The number of hydrogen-bond donors (Lipinski definition) is 0. The van der Waals surface area contributed by atoms with Crippen molar-refractivity contribution in [3.63, 3.8) is 0 Å². The van der Waals surface area contributed by atoms with Crippen molar-refractivity contribution in [2.75, 3.05) is 42.7 Å². The van der Waals surface area contributed by atoms with Gasteiger partial charge in [0.1, 0.15) is 0 Å². The van der Waals surface area contributed by atoms with Gasteiger partial charge in [-0.3, -0.25) is 0 Å². The average molecular weight is 370 g/mol. The normalized spacial score (nSPS) is 14.5.